The third kappa shape index (κ3) is 4.63. The number of nitrogen functional groups attached to an aromatic ring is 1. The topological polar surface area (TPSA) is 84.6 Å². The van der Waals surface area contributed by atoms with Crippen LogP contribution in [0.25, 0.3) is 0 Å². The summed E-state index contributed by atoms with van der Waals surface area (Å²) in [6.45, 7) is 4.15. The van der Waals surface area contributed by atoms with Gasteiger partial charge in [-0.25, -0.2) is 4.79 Å². The van der Waals surface area contributed by atoms with Crippen molar-refractivity contribution in [3.05, 3.63) is 23.8 Å². The fraction of sp³-hybridized carbons (Fsp3) is 0.462. The Balaban J connectivity index is 2.45. The van der Waals surface area contributed by atoms with Crippen molar-refractivity contribution < 1.29 is 14.6 Å². The molecular weight excluding hydrogens is 232 g/mol. The fourth-order valence-corrected chi connectivity index (χ4v) is 1.54. The minimum atomic E-state index is -0.959. The van der Waals surface area contributed by atoms with Crippen LogP contribution in [-0.4, -0.2) is 30.8 Å². The molecule has 18 heavy (non-hydrogen) atoms. The van der Waals surface area contributed by atoms with Crippen molar-refractivity contribution in [3.8, 4) is 0 Å². The lowest BCUT2D eigenvalue weighted by Crippen LogP contribution is -2.10. The molecule has 0 saturated heterocycles. The first kappa shape index (κ1) is 14.3. The van der Waals surface area contributed by atoms with E-state index in [1.54, 1.807) is 12.1 Å². The molecule has 0 aromatic heterocycles. The maximum absolute atomic E-state index is 11.0. The zero-order chi connectivity index (χ0) is 13.4. The van der Waals surface area contributed by atoms with E-state index in [0.29, 0.717) is 24.5 Å². The fourth-order valence-electron chi connectivity index (χ4n) is 1.54. The Morgan fingerprint density at radius 3 is 2.89 bits per heavy atom. The number of nitrogens with two attached hydrogens (primary N) is 1. The molecule has 0 atom stereocenters. The molecule has 1 rings (SSSR count). The van der Waals surface area contributed by atoms with Crippen LogP contribution in [0.2, 0.25) is 0 Å². The number of rotatable bonds is 8. The molecule has 1 aromatic carbocycles. The molecule has 0 radical (unpaired) electrons. The highest BCUT2D eigenvalue weighted by molar-refractivity contribution is 5.95. The van der Waals surface area contributed by atoms with Gasteiger partial charge in [0.2, 0.25) is 0 Å². The summed E-state index contributed by atoms with van der Waals surface area (Å²) >= 11 is 0. The number of benzene rings is 1. The second-order valence-corrected chi connectivity index (χ2v) is 4.00. The number of ether oxygens (including phenoxy) is 1. The van der Waals surface area contributed by atoms with Crippen molar-refractivity contribution >= 4 is 17.3 Å². The van der Waals surface area contributed by atoms with E-state index < -0.39 is 5.97 Å². The lowest BCUT2D eigenvalue weighted by molar-refractivity contribution is 0.0698. The molecule has 0 fully saturated rings. The van der Waals surface area contributed by atoms with E-state index in [2.05, 4.69) is 12.2 Å². The smallest absolute Gasteiger partial charge is 0.337 e. The highest BCUT2D eigenvalue weighted by Gasteiger charge is 2.09. The van der Waals surface area contributed by atoms with Crippen LogP contribution >= 0.6 is 0 Å². The van der Waals surface area contributed by atoms with E-state index in [0.717, 1.165) is 19.4 Å². The van der Waals surface area contributed by atoms with Crippen molar-refractivity contribution in [2.24, 2.45) is 0 Å². The molecule has 0 aliphatic carbocycles. The normalized spacial score (nSPS) is 10.3. The summed E-state index contributed by atoms with van der Waals surface area (Å²) < 4.78 is 5.34. The molecule has 0 heterocycles. The SMILES string of the molecule is CCCOCCCNc1cc(N)ccc1C(=O)O. The minimum absolute atomic E-state index is 0.235. The van der Waals surface area contributed by atoms with E-state index in [-0.39, 0.29) is 5.56 Å². The molecule has 100 valence electrons. The summed E-state index contributed by atoms with van der Waals surface area (Å²) in [6.07, 6.45) is 1.83. The molecule has 1 aromatic rings. The van der Waals surface area contributed by atoms with Crippen molar-refractivity contribution in [3.63, 3.8) is 0 Å². The second-order valence-electron chi connectivity index (χ2n) is 4.00. The summed E-state index contributed by atoms with van der Waals surface area (Å²) in [7, 11) is 0. The summed E-state index contributed by atoms with van der Waals surface area (Å²) in [6, 6.07) is 4.73. The maximum Gasteiger partial charge on any atom is 0.337 e. The van der Waals surface area contributed by atoms with Gasteiger partial charge in [-0.1, -0.05) is 6.92 Å². The quantitative estimate of drug-likeness (QED) is 0.488. The summed E-state index contributed by atoms with van der Waals surface area (Å²) in [4.78, 5) is 11.0. The Hall–Kier alpha value is -1.75. The van der Waals surface area contributed by atoms with Crippen LogP contribution in [0.1, 0.15) is 30.1 Å². The average molecular weight is 252 g/mol. The van der Waals surface area contributed by atoms with Crippen LogP contribution in [0, 0.1) is 0 Å². The Morgan fingerprint density at radius 1 is 1.44 bits per heavy atom. The van der Waals surface area contributed by atoms with Gasteiger partial charge in [-0.15, -0.1) is 0 Å². The van der Waals surface area contributed by atoms with Gasteiger partial charge in [-0.3, -0.25) is 0 Å². The van der Waals surface area contributed by atoms with Gasteiger partial charge < -0.3 is 20.9 Å². The maximum atomic E-state index is 11.0. The highest BCUT2D eigenvalue weighted by atomic mass is 16.5. The number of aromatic carboxylic acids is 1. The predicted octanol–water partition coefficient (Wildman–Crippen LogP) is 2.20. The van der Waals surface area contributed by atoms with Crippen molar-refractivity contribution in [1.82, 2.24) is 0 Å². The Morgan fingerprint density at radius 2 is 2.22 bits per heavy atom. The van der Waals surface area contributed by atoms with E-state index in [1.165, 1.54) is 6.07 Å². The zero-order valence-corrected chi connectivity index (χ0v) is 10.6. The van der Waals surface area contributed by atoms with Crippen molar-refractivity contribution in [2.75, 3.05) is 30.8 Å². The molecule has 4 N–H and O–H groups in total. The van der Waals surface area contributed by atoms with E-state index in [4.69, 9.17) is 15.6 Å². The molecule has 5 nitrogen and oxygen atoms in total. The molecular formula is C13H20N2O3. The van der Waals surface area contributed by atoms with Crippen LogP contribution in [-0.2, 0) is 4.74 Å². The van der Waals surface area contributed by atoms with E-state index in [1.807, 2.05) is 0 Å². The molecule has 0 saturated carbocycles. The van der Waals surface area contributed by atoms with Crippen LogP contribution < -0.4 is 11.1 Å². The number of carboxylic acid groups (broad SMARTS) is 1. The minimum Gasteiger partial charge on any atom is -0.478 e. The van der Waals surface area contributed by atoms with Crippen LogP contribution in [0.4, 0.5) is 11.4 Å². The molecule has 0 aliphatic rings. The van der Waals surface area contributed by atoms with Crippen LogP contribution in [0.3, 0.4) is 0 Å². The van der Waals surface area contributed by atoms with Crippen LogP contribution in [0.5, 0.6) is 0 Å². The first-order chi connectivity index (χ1) is 8.65. The summed E-state index contributed by atoms with van der Waals surface area (Å²) in [5.41, 5.74) is 6.97. The van der Waals surface area contributed by atoms with E-state index in [9.17, 15) is 4.79 Å². The van der Waals surface area contributed by atoms with Gasteiger partial charge in [0.05, 0.1) is 11.3 Å². The van der Waals surface area contributed by atoms with Gasteiger partial charge >= 0.3 is 5.97 Å². The van der Waals surface area contributed by atoms with E-state index >= 15 is 0 Å². The number of anilines is 2. The molecule has 0 spiro atoms. The third-order valence-corrected chi connectivity index (χ3v) is 2.40. The largest absolute Gasteiger partial charge is 0.478 e. The van der Waals surface area contributed by atoms with Gasteiger partial charge in [0, 0.05) is 25.4 Å². The van der Waals surface area contributed by atoms with Crippen molar-refractivity contribution in [2.45, 2.75) is 19.8 Å². The first-order valence-corrected chi connectivity index (χ1v) is 6.09. The lowest BCUT2D eigenvalue weighted by Gasteiger charge is -2.10. The molecule has 0 amide bonds. The predicted molar refractivity (Wildman–Crippen MR) is 72.0 cm³/mol. The van der Waals surface area contributed by atoms with Crippen molar-refractivity contribution in [1.29, 1.82) is 0 Å². The van der Waals surface area contributed by atoms with Gasteiger partial charge in [-0.2, -0.15) is 0 Å². The monoisotopic (exact) mass is 252 g/mol. The van der Waals surface area contributed by atoms with Gasteiger partial charge in [0.1, 0.15) is 0 Å². The standard InChI is InChI=1S/C13H20N2O3/c1-2-7-18-8-3-6-15-12-9-10(14)4-5-11(12)13(16)17/h4-5,9,15H,2-3,6-8,14H2,1H3,(H,16,17). The van der Waals surface area contributed by atoms with Gasteiger partial charge in [-0.05, 0) is 31.0 Å². The van der Waals surface area contributed by atoms with Gasteiger partial charge in [0.25, 0.3) is 0 Å². The number of hydrogen-bond acceptors (Lipinski definition) is 4. The number of hydrogen-bond donors (Lipinski definition) is 3. The lowest BCUT2D eigenvalue weighted by atomic mass is 10.1. The zero-order valence-electron chi connectivity index (χ0n) is 10.6. The average Bonchev–Trinajstić information content (AvgIpc) is 2.33. The molecule has 0 aliphatic heterocycles. The molecule has 5 heteroatoms. The second kappa shape index (κ2) is 7.55. The highest BCUT2D eigenvalue weighted by Crippen LogP contribution is 2.19. The Kier molecular flexibility index (Phi) is 6.00. The summed E-state index contributed by atoms with van der Waals surface area (Å²) in [5, 5.41) is 12.1. The summed E-state index contributed by atoms with van der Waals surface area (Å²) in [5.74, 6) is -0.959. The number of carboxylic acids is 1. The third-order valence-electron chi connectivity index (χ3n) is 2.40. The molecule has 0 bridgehead atoms. The Labute approximate surface area is 107 Å². The number of carbonyl (C=O) groups is 1. The first-order valence-electron chi connectivity index (χ1n) is 6.09. The number of nitrogens with one attached hydrogen (secondary N) is 1. The van der Waals surface area contributed by atoms with Crippen LogP contribution in [0.15, 0.2) is 18.2 Å². The Bertz CT molecular complexity index is 394. The molecule has 0 unspecified atom stereocenters. The van der Waals surface area contributed by atoms with Gasteiger partial charge in [0.15, 0.2) is 0 Å².